The molecule has 0 spiro atoms. The summed E-state index contributed by atoms with van der Waals surface area (Å²) in [6.07, 6.45) is 3.38. The lowest BCUT2D eigenvalue weighted by Crippen LogP contribution is -2.26. The van der Waals surface area contributed by atoms with Crippen molar-refractivity contribution in [3.05, 3.63) is 53.8 Å². The van der Waals surface area contributed by atoms with Crippen LogP contribution in [0.15, 0.2) is 42.5 Å². The van der Waals surface area contributed by atoms with Gasteiger partial charge in [-0.1, -0.05) is 17.7 Å². The summed E-state index contributed by atoms with van der Waals surface area (Å²) in [6, 6.07) is 12.7. The Labute approximate surface area is 143 Å². The fourth-order valence-corrected chi connectivity index (χ4v) is 3.06. The average molecular weight is 329 g/mol. The van der Waals surface area contributed by atoms with Crippen LogP contribution >= 0.6 is 0 Å². The number of halogens is 1. The first-order valence-electron chi connectivity index (χ1n) is 8.49. The molecule has 1 aliphatic heterocycles. The molecule has 0 amide bonds. The van der Waals surface area contributed by atoms with Crippen LogP contribution in [-0.2, 0) is 0 Å². The van der Waals surface area contributed by atoms with Crippen LogP contribution in [0.25, 0.3) is 0 Å². The van der Waals surface area contributed by atoms with Crippen LogP contribution < -0.4 is 9.47 Å². The van der Waals surface area contributed by atoms with Crippen LogP contribution in [0.2, 0.25) is 0 Å². The van der Waals surface area contributed by atoms with Crippen molar-refractivity contribution >= 4 is 0 Å². The lowest BCUT2D eigenvalue weighted by atomic mass is 10.1. The van der Waals surface area contributed by atoms with Crippen LogP contribution in [0.1, 0.15) is 24.8 Å². The highest BCUT2D eigenvalue weighted by Gasteiger charge is 2.20. The van der Waals surface area contributed by atoms with E-state index in [2.05, 4.69) is 11.9 Å². The quantitative estimate of drug-likeness (QED) is 0.760. The molecule has 0 radical (unpaired) electrons. The second-order valence-corrected chi connectivity index (χ2v) is 6.42. The van der Waals surface area contributed by atoms with Crippen molar-refractivity contribution in [2.24, 2.45) is 0 Å². The number of nitrogens with zero attached hydrogens (tertiary/aromatic N) is 1. The molecule has 1 saturated heterocycles. The number of rotatable bonds is 6. The fourth-order valence-electron chi connectivity index (χ4n) is 3.06. The van der Waals surface area contributed by atoms with Gasteiger partial charge in [-0.3, -0.25) is 0 Å². The molecule has 0 saturated carbocycles. The van der Waals surface area contributed by atoms with E-state index >= 15 is 0 Å². The van der Waals surface area contributed by atoms with E-state index in [9.17, 15) is 4.39 Å². The SMILES string of the molecule is Cc1ccc(Oc2ccc(F)cc2OCCC2CCCN2C)cc1. The fraction of sp³-hybridized carbons (Fsp3) is 0.400. The van der Waals surface area contributed by atoms with Gasteiger partial charge in [-0.15, -0.1) is 0 Å². The van der Waals surface area contributed by atoms with Crippen LogP contribution in [-0.4, -0.2) is 31.1 Å². The molecular formula is C20H24FNO2. The summed E-state index contributed by atoms with van der Waals surface area (Å²) in [5, 5.41) is 0. The number of likely N-dealkylation sites (tertiary alicyclic amines) is 1. The highest BCUT2D eigenvalue weighted by atomic mass is 19.1. The summed E-state index contributed by atoms with van der Waals surface area (Å²) in [5.74, 6) is 1.39. The normalized spacial score (nSPS) is 17.9. The van der Waals surface area contributed by atoms with Crippen molar-refractivity contribution < 1.29 is 13.9 Å². The largest absolute Gasteiger partial charge is 0.490 e. The van der Waals surface area contributed by atoms with Crippen molar-refractivity contribution in [1.29, 1.82) is 0 Å². The van der Waals surface area contributed by atoms with Gasteiger partial charge in [-0.2, -0.15) is 0 Å². The summed E-state index contributed by atoms with van der Waals surface area (Å²) in [6.45, 7) is 3.73. The zero-order valence-corrected chi connectivity index (χ0v) is 14.3. The summed E-state index contributed by atoms with van der Waals surface area (Å²) >= 11 is 0. The van der Waals surface area contributed by atoms with E-state index < -0.39 is 0 Å². The van der Waals surface area contributed by atoms with Crippen molar-refractivity contribution in [3.8, 4) is 17.2 Å². The maximum atomic E-state index is 13.6. The predicted octanol–water partition coefficient (Wildman–Crippen LogP) is 4.79. The molecule has 3 rings (SSSR count). The minimum atomic E-state index is -0.320. The molecule has 1 unspecified atom stereocenters. The highest BCUT2D eigenvalue weighted by molar-refractivity contribution is 5.43. The predicted molar refractivity (Wildman–Crippen MR) is 93.4 cm³/mol. The molecule has 24 heavy (non-hydrogen) atoms. The molecule has 2 aromatic carbocycles. The van der Waals surface area contributed by atoms with Gasteiger partial charge in [-0.25, -0.2) is 4.39 Å². The standard InChI is InChI=1S/C20H24FNO2/c1-15-5-8-18(9-6-15)24-19-10-7-16(21)14-20(19)23-13-11-17-4-3-12-22(17)2/h5-10,14,17H,3-4,11-13H2,1-2H3. The Balaban J connectivity index is 1.65. The molecular weight excluding hydrogens is 305 g/mol. The Kier molecular flexibility index (Phi) is 5.36. The first-order valence-corrected chi connectivity index (χ1v) is 8.49. The third kappa shape index (κ3) is 4.26. The first kappa shape index (κ1) is 16.8. The van der Waals surface area contributed by atoms with Crippen LogP contribution in [0, 0.1) is 12.7 Å². The van der Waals surface area contributed by atoms with E-state index in [-0.39, 0.29) is 5.82 Å². The Morgan fingerprint density at radius 1 is 1.12 bits per heavy atom. The molecule has 2 aromatic rings. The van der Waals surface area contributed by atoms with Gasteiger partial charge in [0.15, 0.2) is 11.5 Å². The maximum Gasteiger partial charge on any atom is 0.169 e. The van der Waals surface area contributed by atoms with Crippen molar-refractivity contribution in [1.82, 2.24) is 4.90 Å². The second-order valence-electron chi connectivity index (χ2n) is 6.42. The monoisotopic (exact) mass is 329 g/mol. The van der Waals surface area contributed by atoms with Gasteiger partial charge in [0.05, 0.1) is 6.61 Å². The van der Waals surface area contributed by atoms with E-state index in [0.717, 1.165) is 13.0 Å². The Bertz CT molecular complexity index is 672. The Morgan fingerprint density at radius 3 is 2.62 bits per heavy atom. The molecule has 1 heterocycles. The Morgan fingerprint density at radius 2 is 1.92 bits per heavy atom. The topological polar surface area (TPSA) is 21.7 Å². The molecule has 1 fully saturated rings. The summed E-state index contributed by atoms with van der Waals surface area (Å²) in [4.78, 5) is 2.36. The van der Waals surface area contributed by atoms with E-state index in [1.807, 2.05) is 31.2 Å². The van der Waals surface area contributed by atoms with Gasteiger partial charge in [-0.05, 0) is 64.0 Å². The minimum absolute atomic E-state index is 0.320. The van der Waals surface area contributed by atoms with Gasteiger partial charge in [0, 0.05) is 12.1 Å². The van der Waals surface area contributed by atoms with Gasteiger partial charge in [0.1, 0.15) is 11.6 Å². The minimum Gasteiger partial charge on any atom is -0.490 e. The van der Waals surface area contributed by atoms with Gasteiger partial charge < -0.3 is 14.4 Å². The molecule has 1 aliphatic rings. The van der Waals surface area contributed by atoms with E-state index in [1.54, 1.807) is 6.07 Å². The number of aryl methyl sites for hydroxylation is 1. The van der Waals surface area contributed by atoms with Gasteiger partial charge in [0.2, 0.25) is 0 Å². The van der Waals surface area contributed by atoms with Crippen LogP contribution in [0.4, 0.5) is 4.39 Å². The zero-order valence-electron chi connectivity index (χ0n) is 14.3. The smallest absolute Gasteiger partial charge is 0.169 e. The van der Waals surface area contributed by atoms with Crippen molar-refractivity contribution in [2.45, 2.75) is 32.2 Å². The lowest BCUT2D eigenvalue weighted by molar-refractivity contribution is 0.228. The van der Waals surface area contributed by atoms with Crippen LogP contribution in [0.3, 0.4) is 0 Å². The lowest BCUT2D eigenvalue weighted by Gasteiger charge is -2.20. The third-order valence-electron chi connectivity index (χ3n) is 4.53. The molecule has 0 aromatic heterocycles. The van der Waals surface area contributed by atoms with E-state index in [4.69, 9.17) is 9.47 Å². The molecule has 128 valence electrons. The van der Waals surface area contributed by atoms with Crippen LogP contribution in [0.5, 0.6) is 17.2 Å². The van der Waals surface area contributed by atoms with Gasteiger partial charge >= 0.3 is 0 Å². The number of ether oxygens (including phenoxy) is 2. The van der Waals surface area contributed by atoms with E-state index in [1.165, 1.54) is 30.5 Å². The summed E-state index contributed by atoms with van der Waals surface area (Å²) < 4.78 is 25.3. The highest BCUT2D eigenvalue weighted by Crippen LogP contribution is 2.32. The summed E-state index contributed by atoms with van der Waals surface area (Å²) in [5.41, 5.74) is 1.17. The molecule has 3 nitrogen and oxygen atoms in total. The molecule has 4 heteroatoms. The summed E-state index contributed by atoms with van der Waals surface area (Å²) in [7, 11) is 2.14. The van der Waals surface area contributed by atoms with Gasteiger partial charge in [0.25, 0.3) is 0 Å². The molecule has 0 bridgehead atoms. The first-order chi connectivity index (χ1) is 11.6. The Hall–Kier alpha value is -2.07. The van der Waals surface area contributed by atoms with E-state index in [0.29, 0.717) is 29.9 Å². The molecule has 0 N–H and O–H groups in total. The third-order valence-corrected chi connectivity index (χ3v) is 4.53. The number of hydrogen-bond acceptors (Lipinski definition) is 3. The zero-order chi connectivity index (χ0) is 16.9. The average Bonchev–Trinajstić information content (AvgIpc) is 2.97. The molecule has 0 aliphatic carbocycles. The number of hydrogen-bond donors (Lipinski definition) is 0. The maximum absolute atomic E-state index is 13.6. The molecule has 1 atom stereocenters. The van der Waals surface area contributed by atoms with Crippen molar-refractivity contribution in [2.75, 3.05) is 20.2 Å². The second kappa shape index (κ2) is 7.67. The number of benzene rings is 2. The van der Waals surface area contributed by atoms with Crippen molar-refractivity contribution in [3.63, 3.8) is 0 Å².